The predicted octanol–water partition coefficient (Wildman–Crippen LogP) is 2.91. The normalized spacial score (nSPS) is 8.47. The largest absolute Gasteiger partial charge is 2.00 e. The van der Waals surface area contributed by atoms with Gasteiger partial charge >= 0.3 is 21.7 Å². The Labute approximate surface area is 124 Å². The fraction of sp³-hybridized carbons (Fsp3) is 0. The summed E-state index contributed by atoms with van der Waals surface area (Å²) in [5.74, 6) is 0. The van der Waals surface area contributed by atoms with Crippen LogP contribution in [0.3, 0.4) is 0 Å². The molecule has 86 valence electrons. The van der Waals surface area contributed by atoms with Crippen molar-refractivity contribution in [2.75, 3.05) is 0 Å². The third-order valence-electron chi connectivity index (χ3n) is 1.61. The van der Waals surface area contributed by atoms with Crippen LogP contribution in [-0.4, -0.2) is 19.9 Å². The molecule has 17 heavy (non-hydrogen) atoms. The molecule has 0 radical (unpaired) electrons. The van der Waals surface area contributed by atoms with E-state index in [1.54, 1.807) is 36.4 Å². The fourth-order valence-electron chi connectivity index (χ4n) is 0.838. The van der Waals surface area contributed by atoms with Crippen LogP contribution in [0.4, 0.5) is 0 Å². The first-order valence-corrected chi connectivity index (χ1v) is 5.17. The van der Waals surface area contributed by atoms with Crippen LogP contribution in [0.5, 0.6) is 0 Å². The zero-order valence-electron chi connectivity index (χ0n) is 8.72. The third-order valence-corrected chi connectivity index (χ3v) is 2.25. The molecule has 0 saturated heterocycles. The second-order valence-electron chi connectivity index (χ2n) is 2.77. The molecular formula is C10H10N2O2S2Ti+2. The number of pyridine rings is 2. The van der Waals surface area contributed by atoms with Crippen LogP contribution in [-0.2, 0) is 21.7 Å². The molecule has 2 rings (SSSR count). The van der Waals surface area contributed by atoms with Crippen molar-refractivity contribution in [3.05, 3.63) is 58.1 Å². The monoisotopic (exact) mass is 302 g/mol. The summed E-state index contributed by atoms with van der Waals surface area (Å²) in [7, 11) is 0. The first-order chi connectivity index (χ1) is 7.61. The maximum Gasteiger partial charge on any atom is 2.00 e. The quantitative estimate of drug-likeness (QED) is 0.446. The van der Waals surface area contributed by atoms with Gasteiger partial charge in [0.1, 0.15) is 9.28 Å². The smallest absolute Gasteiger partial charge is 0.428 e. The van der Waals surface area contributed by atoms with Crippen molar-refractivity contribution < 1.29 is 32.1 Å². The molecule has 7 heteroatoms. The molecule has 4 nitrogen and oxygen atoms in total. The minimum absolute atomic E-state index is 0. The summed E-state index contributed by atoms with van der Waals surface area (Å²) >= 11 is 9.33. The zero-order valence-corrected chi connectivity index (χ0v) is 11.9. The van der Waals surface area contributed by atoms with E-state index in [0.29, 0.717) is 9.28 Å². The van der Waals surface area contributed by atoms with Crippen LogP contribution in [0.15, 0.2) is 48.8 Å². The summed E-state index contributed by atoms with van der Waals surface area (Å²) in [5, 5.41) is 17.5. The zero-order chi connectivity index (χ0) is 12.0. The van der Waals surface area contributed by atoms with E-state index in [-0.39, 0.29) is 21.7 Å². The van der Waals surface area contributed by atoms with Crippen LogP contribution in [0.25, 0.3) is 0 Å². The molecule has 0 saturated carbocycles. The van der Waals surface area contributed by atoms with Crippen molar-refractivity contribution in [2.45, 2.75) is 0 Å². The van der Waals surface area contributed by atoms with E-state index in [9.17, 15) is 0 Å². The minimum atomic E-state index is 0. The van der Waals surface area contributed by atoms with Gasteiger partial charge in [0.2, 0.25) is 0 Å². The number of hydrogen-bond acceptors (Lipinski definition) is 4. The Morgan fingerprint density at radius 1 is 0.765 bits per heavy atom. The molecule has 0 fully saturated rings. The molecule has 0 aliphatic rings. The van der Waals surface area contributed by atoms with Gasteiger partial charge in [0.05, 0.1) is 0 Å². The summed E-state index contributed by atoms with van der Waals surface area (Å²) in [6.07, 6.45) is 2.98. The summed E-state index contributed by atoms with van der Waals surface area (Å²) in [5.41, 5.74) is 0. The topological polar surface area (TPSA) is 50.3 Å². The molecule has 0 bridgehead atoms. The summed E-state index contributed by atoms with van der Waals surface area (Å²) < 4.78 is 2.64. The van der Waals surface area contributed by atoms with Crippen LogP contribution < -0.4 is 0 Å². The van der Waals surface area contributed by atoms with E-state index in [2.05, 4.69) is 24.4 Å². The fourth-order valence-corrected chi connectivity index (χ4v) is 1.12. The van der Waals surface area contributed by atoms with Crippen LogP contribution in [0.2, 0.25) is 0 Å². The van der Waals surface area contributed by atoms with Gasteiger partial charge in [0.25, 0.3) is 0 Å². The van der Waals surface area contributed by atoms with E-state index >= 15 is 0 Å². The van der Waals surface area contributed by atoms with Gasteiger partial charge in [0, 0.05) is 12.4 Å². The molecule has 0 spiro atoms. The molecule has 0 unspecified atom stereocenters. The Morgan fingerprint density at radius 3 is 1.29 bits per heavy atom. The average molecular weight is 302 g/mol. The van der Waals surface area contributed by atoms with Gasteiger partial charge in [-0.1, -0.05) is 36.6 Å². The number of rotatable bonds is 0. The molecular weight excluding hydrogens is 292 g/mol. The van der Waals surface area contributed by atoms with Crippen molar-refractivity contribution in [3.8, 4) is 0 Å². The van der Waals surface area contributed by atoms with E-state index in [1.807, 2.05) is 0 Å². The SMILES string of the molecule is On1ccccc1=S.On1ccccc1=S.[Ti+2]. The van der Waals surface area contributed by atoms with Crippen molar-refractivity contribution in [3.63, 3.8) is 0 Å². The molecule has 0 atom stereocenters. The molecule has 2 heterocycles. The first-order valence-electron chi connectivity index (χ1n) is 4.35. The second-order valence-corrected chi connectivity index (χ2v) is 3.60. The van der Waals surface area contributed by atoms with Crippen molar-refractivity contribution in [2.24, 2.45) is 0 Å². The maximum atomic E-state index is 8.73. The van der Waals surface area contributed by atoms with Gasteiger partial charge in [-0.3, -0.25) is 0 Å². The summed E-state index contributed by atoms with van der Waals surface area (Å²) in [6, 6.07) is 10.3. The Morgan fingerprint density at radius 2 is 1.12 bits per heavy atom. The predicted molar refractivity (Wildman–Crippen MR) is 64.9 cm³/mol. The number of hydrogen-bond donors (Lipinski definition) is 2. The molecule has 2 aromatic rings. The Kier molecular flexibility index (Phi) is 7.73. The molecule has 0 amide bonds. The molecule has 2 aromatic heterocycles. The van der Waals surface area contributed by atoms with E-state index in [4.69, 9.17) is 10.4 Å². The second kappa shape index (κ2) is 8.19. The van der Waals surface area contributed by atoms with E-state index in [1.165, 1.54) is 12.4 Å². The van der Waals surface area contributed by atoms with Gasteiger partial charge in [-0.15, -0.1) is 0 Å². The molecule has 0 aliphatic carbocycles. The molecule has 0 aliphatic heterocycles. The molecule has 0 aromatic carbocycles. The Balaban J connectivity index is 0.000000284. The number of nitrogens with zero attached hydrogens (tertiary/aromatic N) is 2. The molecule has 2 N–H and O–H groups in total. The standard InChI is InChI=1S/2C5H5NOS.Ti/c2*7-6-4-2-1-3-5(6)8;/h2*1-4,7H;/q;;+2. The van der Waals surface area contributed by atoms with Gasteiger partial charge in [-0.25, -0.2) is 0 Å². The van der Waals surface area contributed by atoms with Gasteiger partial charge in [-0.2, -0.15) is 9.46 Å². The van der Waals surface area contributed by atoms with E-state index in [0.717, 1.165) is 9.46 Å². The Hall–Kier alpha value is -0.946. The van der Waals surface area contributed by atoms with Crippen LogP contribution >= 0.6 is 24.4 Å². The Bertz CT molecular complexity index is 517. The van der Waals surface area contributed by atoms with Gasteiger partial charge in [-0.05, 0) is 24.3 Å². The average Bonchev–Trinajstić information content (AvgIpc) is 2.28. The summed E-state index contributed by atoms with van der Waals surface area (Å²) in [6.45, 7) is 0. The maximum absolute atomic E-state index is 8.73. The number of aromatic nitrogens is 2. The minimum Gasteiger partial charge on any atom is -0.428 e. The van der Waals surface area contributed by atoms with E-state index < -0.39 is 0 Å². The van der Waals surface area contributed by atoms with Crippen LogP contribution in [0.1, 0.15) is 0 Å². The summed E-state index contributed by atoms with van der Waals surface area (Å²) in [4.78, 5) is 0. The first kappa shape index (κ1) is 16.1. The van der Waals surface area contributed by atoms with Crippen LogP contribution in [0, 0.1) is 9.28 Å². The van der Waals surface area contributed by atoms with Gasteiger partial charge in [0.15, 0.2) is 0 Å². The van der Waals surface area contributed by atoms with Crippen molar-refractivity contribution in [1.82, 2.24) is 9.46 Å². The van der Waals surface area contributed by atoms with Crippen molar-refractivity contribution in [1.29, 1.82) is 0 Å². The van der Waals surface area contributed by atoms with Gasteiger partial charge < -0.3 is 10.4 Å². The van der Waals surface area contributed by atoms with Crippen molar-refractivity contribution >= 4 is 24.4 Å². The third kappa shape index (κ3) is 5.79.